The Bertz CT molecular complexity index is 1560. The van der Waals surface area contributed by atoms with E-state index in [1.165, 1.54) is 33.5 Å². The van der Waals surface area contributed by atoms with E-state index in [1.54, 1.807) is 0 Å². The number of nitrogens with one attached hydrogen (secondary N) is 1. The lowest BCUT2D eigenvalue weighted by atomic mass is 9.86. The van der Waals surface area contributed by atoms with Gasteiger partial charge in [0.15, 0.2) is 0 Å². The van der Waals surface area contributed by atoms with Crippen LogP contribution in [-0.4, -0.2) is 22.4 Å². The Hall–Kier alpha value is -4.06. The first-order chi connectivity index (χ1) is 18.9. The summed E-state index contributed by atoms with van der Waals surface area (Å²) in [5.41, 5.74) is 18.2. The number of primary amides is 1. The molecule has 2 amide bonds. The van der Waals surface area contributed by atoms with E-state index < -0.39 is 6.03 Å². The molecule has 5 rings (SSSR count). The van der Waals surface area contributed by atoms with Crippen LogP contribution >= 0.6 is 0 Å². The standard InChI is InChI=1S/C34H41N5O/c1-21(2)27-10-8-9-23(4)31(27)39-32(24-12-15-26(16-13-24)36-33(35)40)28-20-38(18-17-29(28)37-39)30-19-25(34(5,6)7)14-11-22(30)3/h8-16,19,21H,17-18,20H2,1-7H3,(H3,35,36,40). The average molecular weight is 536 g/mol. The maximum absolute atomic E-state index is 11.4. The number of hydrogen-bond acceptors (Lipinski definition) is 3. The van der Waals surface area contributed by atoms with Gasteiger partial charge in [0.2, 0.25) is 0 Å². The first kappa shape index (κ1) is 27.5. The lowest BCUT2D eigenvalue weighted by molar-refractivity contribution is 0.259. The normalized spacial score (nSPS) is 13.4. The number of amides is 2. The number of aryl methyl sites for hydroxylation is 2. The van der Waals surface area contributed by atoms with Gasteiger partial charge in [-0.3, -0.25) is 0 Å². The molecule has 2 heterocycles. The number of fused-ring (bicyclic) bond motifs is 1. The SMILES string of the molecule is Cc1ccc(C(C)(C)C)cc1N1CCc2nn(-c3c(C)cccc3C(C)C)c(-c3ccc(NC(N)=O)cc3)c2C1. The highest BCUT2D eigenvalue weighted by Crippen LogP contribution is 2.39. The van der Waals surface area contributed by atoms with Gasteiger partial charge in [0.05, 0.1) is 17.1 Å². The van der Waals surface area contributed by atoms with Gasteiger partial charge in [0, 0.05) is 42.0 Å². The Kier molecular flexibility index (Phi) is 7.21. The van der Waals surface area contributed by atoms with Crippen LogP contribution in [0, 0.1) is 13.8 Å². The van der Waals surface area contributed by atoms with Crippen molar-refractivity contribution in [2.45, 2.75) is 72.8 Å². The molecule has 0 bridgehead atoms. The molecule has 6 heteroatoms. The molecule has 4 aromatic rings. The monoisotopic (exact) mass is 535 g/mol. The van der Waals surface area contributed by atoms with E-state index >= 15 is 0 Å². The number of urea groups is 1. The summed E-state index contributed by atoms with van der Waals surface area (Å²) >= 11 is 0. The number of rotatable bonds is 5. The van der Waals surface area contributed by atoms with Gasteiger partial charge >= 0.3 is 6.03 Å². The molecule has 0 unspecified atom stereocenters. The average Bonchev–Trinajstić information content (AvgIpc) is 3.26. The Morgan fingerprint density at radius 3 is 2.38 bits per heavy atom. The highest BCUT2D eigenvalue weighted by Gasteiger charge is 2.29. The molecule has 1 aromatic heterocycles. The van der Waals surface area contributed by atoms with Crippen molar-refractivity contribution in [2.24, 2.45) is 5.73 Å². The summed E-state index contributed by atoms with van der Waals surface area (Å²) in [4.78, 5) is 13.9. The van der Waals surface area contributed by atoms with Crippen LogP contribution in [0.2, 0.25) is 0 Å². The molecule has 0 atom stereocenters. The van der Waals surface area contributed by atoms with Crippen molar-refractivity contribution in [3.8, 4) is 16.9 Å². The largest absolute Gasteiger partial charge is 0.366 e. The van der Waals surface area contributed by atoms with Crippen LogP contribution in [0.15, 0.2) is 60.7 Å². The zero-order valence-corrected chi connectivity index (χ0v) is 24.8. The predicted octanol–water partition coefficient (Wildman–Crippen LogP) is 7.63. The molecule has 0 aliphatic carbocycles. The molecule has 1 aliphatic heterocycles. The summed E-state index contributed by atoms with van der Waals surface area (Å²) < 4.78 is 2.17. The van der Waals surface area contributed by atoms with Crippen LogP contribution in [0.3, 0.4) is 0 Å². The molecule has 0 radical (unpaired) electrons. The summed E-state index contributed by atoms with van der Waals surface area (Å²) in [7, 11) is 0. The zero-order valence-electron chi connectivity index (χ0n) is 24.8. The van der Waals surface area contributed by atoms with Gasteiger partial charge in [-0.15, -0.1) is 0 Å². The number of para-hydroxylation sites is 1. The molecule has 3 N–H and O–H groups in total. The molecule has 6 nitrogen and oxygen atoms in total. The van der Waals surface area contributed by atoms with E-state index in [9.17, 15) is 4.79 Å². The second-order valence-corrected chi connectivity index (χ2v) is 12.3. The fourth-order valence-corrected chi connectivity index (χ4v) is 5.74. The smallest absolute Gasteiger partial charge is 0.316 e. The number of nitrogens with two attached hydrogens (primary N) is 1. The van der Waals surface area contributed by atoms with E-state index in [4.69, 9.17) is 10.8 Å². The molecule has 0 fully saturated rings. The minimum atomic E-state index is -0.569. The molecule has 0 spiro atoms. The molecule has 208 valence electrons. The van der Waals surface area contributed by atoms with Gasteiger partial charge < -0.3 is 16.0 Å². The minimum Gasteiger partial charge on any atom is -0.366 e. The van der Waals surface area contributed by atoms with Gasteiger partial charge in [-0.05, 0) is 65.6 Å². The van der Waals surface area contributed by atoms with Crippen LogP contribution in [0.1, 0.15) is 74.0 Å². The molecular formula is C34H41N5O. The van der Waals surface area contributed by atoms with Crippen molar-refractivity contribution in [3.05, 3.63) is 94.2 Å². The Morgan fingerprint density at radius 1 is 1.00 bits per heavy atom. The van der Waals surface area contributed by atoms with E-state index in [2.05, 4.69) is 112 Å². The summed E-state index contributed by atoms with van der Waals surface area (Å²) in [6.07, 6.45) is 0.874. The van der Waals surface area contributed by atoms with Crippen molar-refractivity contribution in [1.82, 2.24) is 9.78 Å². The summed E-state index contributed by atoms with van der Waals surface area (Å²) in [6, 6.07) is 20.7. The fourth-order valence-electron chi connectivity index (χ4n) is 5.74. The lowest BCUT2D eigenvalue weighted by Gasteiger charge is -2.32. The van der Waals surface area contributed by atoms with Crippen LogP contribution in [-0.2, 0) is 18.4 Å². The maximum Gasteiger partial charge on any atom is 0.316 e. The summed E-state index contributed by atoms with van der Waals surface area (Å²) in [5, 5.41) is 7.96. The van der Waals surface area contributed by atoms with Crippen LogP contribution in [0.5, 0.6) is 0 Å². The Morgan fingerprint density at radius 2 is 1.73 bits per heavy atom. The molecule has 0 saturated carbocycles. The number of aromatic nitrogens is 2. The molecule has 3 aromatic carbocycles. The number of nitrogens with zero attached hydrogens (tertiary/aromatic N) is 3. The number of hydrogen-bond donors (Lipinski definition) is 2. The van der Waals surface area contributed by atoms with Crippen molar-refractivity contribution >= 4 is 17.4 Å². The van der Waals surface area contributed by atoms with Gasteiger partial charge in [0.1, 0.15) is 0 Å². The second-order valence-electron chi connectivity index (χ2n) is 12.3. The van der Waals surface area contributed by atoms with Crippen LogP contribution in [0.25, 0.3) is 16.9 Å². The summed E-state index contributed by atoms with van der Waals surface area (Å²) in [6.45, 7) is 17.3. The van der Waals surface area contributed by atoms with Crippen molar-refractivity contribution in [3.63, 3.8) is 0 Å². The third-order valence-corrected chi connectivity index (χ3v) is 7.98. The van der Waals surface area contributed by atoms with Crippen LogP contribution in [0.4, 0.5) is 16.2 Å². The Labute approximate surface area is 238 Å². The van der Waals surface area contributed by atoms with Gasteiger partial charge in [0.25, 0.3) is 0 Å². The number of benzene rings is 3. The maximum atomic E-state index is 11.4. The number of carbonyl (C=O) groups is 1. The lowest BCUT2D eigenvalue weighted by Crippen LogP contribution is -2.31. The zero-order chi connectivity index (χ0) is 28.8. The highest BCUT2D eigenvalue weighted by molar-refractivity contribution is 5.88. The van der Waals surface area contributed by atoms with E-state index in [0.717, 1.165) is 42.1 Å². The Balaban J connectivity index is 1.67. The predicted molar refractivity (Wildman–Crippen MR) is 166 cm³/mol. The topological polar surface area (TPSA) is 76.2 Å². The molecule has 40 heavy (non-hydrogen) atoms. The van der Waals surface area contributed by atoms with E-state index in [0.29, 0.717) is 11.6 Å². The minimum absolute atomic E-state index is 0.0816. The van der Waals surface area contributed by atoms with Gasteiger partial charge in [-0.1, -0.05) is 77.1 Å². The molecule has 0 saturated heterocycles. The highest BCUT2D eigenvalue weighted by atomic mass is 16.2. The quantitative estimate of drug-likeness (QED) is 0.276. The third-order valence-electron chi connectivity index (χ3n) is 7.98. The third kappa shape index (κ3) is 5.23. The second kappa shape index (κ2) is 10.5. The first-order valence-electron chi connectivity index (χ1n) is 14.2. The van der Waals surface area contributed by atoms with Gasteiger partial charge in [-0.25, -0.2) is 9.48 Å². The molecular weight excluding hydrogens is 494 g/mol. The van der Waals surface area contributed by atoms with Gasteiger partial charge in [-0.2, -0.15) is 5.10 Å². The molecule has 1 aliphatic rings. The fraction of sp³-hybridized carbons (Fsp3) is 0.353. The first-order valence-corrected chi connectivity index (χ1v) is 14.2. The van der Waals surface area contributed by atoms with E-state index in [-0.39, 0.29) is 5.41 Å². The summed E-state index contributed by atoms with van der Waals surface area (Å²) in [5.74, 6) is 0.352. The van der Waals surface area contributed by atoms with Crippen molar-refractivity contribution in [1.29, 1.82) is 0 Å². The number of anilines is 2. The number of carbonyl (C=O) groups excluding carboxylic acids is 1. The van der Waals surface area contributed by atoms with E-state index in [1.807, 2.05) is 12.1 Å². The van der Waals surface area contributed by atoms with Crippen molar-refractivity contribution < 1.29 is 4.79 Å². The van der Waals surface area contributed by atoms with Crippen molar-refractivity contribution in [2.75, 3.05) is 16.8 Å². The van der Waals surface area contributed by atoms with Crippen LogP contribution < -0.4 is 16.0 Å².